The van der Waals surface area contributed by atoms with Gasteiger partial charge in [0, 0.05) is 11.6 Å². The molecule has 2 unspecified atom stereocenters. The van der Waals surface area contributed by atoms with E-state index in [-0.39, 0.29) is 15.8 Å². The highest BCUT2D eigenvalue weighted by atomic mass is 31.1. The Morgan fingerprint density at radius 2 is 0.684 bits per heavy atom. The van der Waals surface area contributed by atoms with E-state index in [9.17, 15) is 0 Å². The molecule has 0 aromatic rings. The van der Waals surface area contributed by atoms with Crippen LogP contribution in [0.1, 0.15) is 69.2 Å². The van der Waals surface area contributed by atoms with Gasteiger partial charge < -0.3 is 5.32 Å². The van der Waals surface area contributed by atoms with Gasteiger partial charge in [-0.1, -0.05) is 71.2 Å². The monoisotopic (exact) mass is 305 g/mol. The van der Waals surface area contributed by atoms with Gasteiger partial charge in [-0.25, -0.2) is 0 Å². The van der Waals surface area contributed by atoms with Crippen molar-refractivity contribution in [3.8, 4) is 0 Å². The van der Waals surface area contributed by atoms with Crippen molar-refractivity contribution in [3.63, 3.8) is 0 Å². The average Bonchev–Trinajstić information content (AvgIpc) is 2.13. The highest BCUT2D eigenvalue weighted by Gasteiger charge is 2.28. The van der Waals surface area contributed by atoms with Crippen molar-refractivity contribution in [1.82, 2.24) is 5.32 Å². The first-order valence-electron chi connectivity index (χ1n) is 7.90. The van der Waals surface area contributed by atoms with Gasteiger partial charge in [-0.05, 0) is 36.5 Å². The fourth-order valence-corrected chi connectivity index (χ4v) is 10.4. The molecule has 0 aliphatic rings. The molecule has 3 heteroatoms. The number of rotatable bonds is 8. The fourth-order valence-electron chi connectivity index (χ4n) is 3.50. The Bertz CT molecular complexity index is 199. The van der Waals surface area contributed by atoms with E-state index in [2.05, 4.69) is 74.6 Å². The van der Waals surface area contributed by atoms with Gasteiger partial charge in [0.25, 0.3) is 0 Å². The number of hydrogen-bond acceptors (Lipinski definition) is 1. The molecule has 0 rings (SSSR count). The first-order chi connectivity index (χ1) is 8.59. The predicted molar refractivity (Wildman–Crippen MR) is 96.4 cm³/mol. The van der Waals surface area contributed by atoms with Gasteiger partial charge in [-0.3, -0.25) is 0 Å². The molecular weight excluding hydrogens is 268 g/mol. The van der Waals surface area contributed by atoms with Crippen molar-refractivity contribution >= 4 is 15.8 Å². The Morgan fingerprint density at radius 1 is 0.474 bits per heavy atom. The highest BCUT2D eigenvalue weighted by molar-refractivity contribution is 7.60. The van der Waals surface area contributed by atoms with Crippen molar-refractivity contribution in [2.75, 3.05) is 0 Å². The minimum atomic E-state index is 0.0636. The van der Waals surface area contributed by atoms with Crippen LogP contribution in [0.5, 0.6) is 0 Å². The highest BCUT2D eigenvalue weighted by Crippen LogP contribution is 2.53. The summed E-state index contributed by atoms with van der Waals surface area (Å²) < 4.78 is 0. The van der Waals surface area contributed by atoms with E-state index < -0.39 is 0 Å². The summed E-state index contributed by atoms with van der Waals surface area (Å²) in [5.74, 6) is 1.35. The molecule has 0 aliphatic carbocycles. The lowest BCUT2D eigenvalue weighted by atomic mass is 10.5. The van der Waals surface area contributed by atoms with Gasteiger partial charge in [-0.15, -0.1) is 0 Å². The summed E-state index contributed by atoms with van der Waals surface area (Å²) in [7, 11) is 0.127. The molecule has 0 fully saturated rings. The summed E-state index contributed by atoms with van der Waals surface area (Å²) >= 11 is 0. The van der Waals surface area contributed by atoms with E-state index in [0.717, 1.165) is 22.6 Å². The third kappa shape index (κ3) is 6.41. The van der Waals surface area contributed by atoms with E-state index in [1.54, 1.807) is 0 Å². The van der Waals surface area contributed by atoms with Crippen molar-refractivity contribution in [2.24, 2.45) is 0 Å². The van der Waals surface area contributed by atoms with Crippen molar-refractivity contribution in [1.29, 1.82) is 0 Å². The molecule has 1 nitrogen and oxygen atoms in total. The minimum Gasteiger partial charge on any atom is -0.304 e. The zero-order valence-corrected chi connectivity index (χ0v) is 16.6. The molecule has 0 saturated heterocycles. The Balaban J connectivity index is 4.72. The van der Waals surface area contributed by atoms with Crippen molar-refractivity contribution in [2.45, 2.75) is 103 Å². The van der Waals surface area contributed by atoms with Crippen LogP contribution in [0.15, 0.2) is 0 Å². The Hall–Kier alpha value is 0.820. The molecule has 2 atom stereocenters. The van der Waals surface area contributed by atoms with Crippen LogP contribution in [0, 0.1) is 0 Å². The summed E-state index contributed by atoms with van der Waals surface area (Å²) in [5.41, 5.74) is 3.26. The summed E-state index contributed by atoms with van der Waals surface area (Å²) in [6.07, 6.45) is 0. The number of hydrogen-bond donors (Lipinski definition) is 1. The molecule has 0 amide bonds. The molecule has 0 spiro atoms. The van der Waals surface area contributed by atoms with Gasteiger partial charge >= 0.3 is 0 Å². The van der Waals surface area contributed by atoms with Crippen LogP contribution in [-0.2, 0) is 0 Å². The minimum absolute atomic E-state index is 0.0636. The second-order valence-electron chi connectivity index (χ2n) is 6.79. The Kier molecular flexibility index (Phi) is 9.35. The normalized spacial score (nSPS) is 16.4. The third-order valence-electron chi connectivity index (χ3n) is 3.76. The van der Waals surface area contributed by atoms with Gasteiger partial charge in [0.1, 0.15) is 0 Å². The molecule has 0 bridgehead atoms. The lowest BCUT2D eigenvalue weighted by Gasteiger charge is -2.39. The van der Waals surface area contributed by atoms with Crippen molar-refractivity contribution < 1.29 is 0 Å². The Labute approximate surface area is 125 Å². The summed E-state index contributed by atoms with van der Waals surface area (Å²) in [5, 5.41) is 3.96. The van der Waals surface area contributed by atoms with Gasteiger partial charge in [0.05, 0.1) is 0 Å². The van der Waals surface area contributed by atoms with Crippen LogP contribution < -0.4 is 5.32 Å². The topological polar surface area (TPSA) is 12.0 Å². The second kappa shape index (κ2) is 8.96. The molecule has 0 heterocycles. The molecule has 0 aliphatic heterocycles. The quantitative estimate of drug-likeness (QED) is 0.553. The van der Waals surface area contributed by atoms with Gasteiger partial charge in [-0.2, -0.15) is 0 Å². The average molecular weight is 305 g/mol. The van der Waals surface area contributed by atoms with E-state index in [1.807, 2.05) is 0 Å². The first-order valence-corrected chi connectivity index (χ1v) is 11.0. The van der Waals surface area contributed by atoms with Gasteiger partial charge in [0.2, 0.25) is 0 Å². The SMILES string of the molecule is CC(C)P(C(C)C)C(C)NC(C)P(C(C)C)C(C)C. The van der Waals surface area contributed by atoms with Crippen LogP contribution in [0.2, 0.25) is 0 Å². The predicted octanol–water partition coefficient (Wildman–Crippen LogP) is 5.87. The lowest BCUT2D eigenvalue weighted by Crippen LogP contribution is -2.37. The zero-order valence-electron chi connectivity index (χ0n) is 14.9. The van der Waals surface area contributed by atoms with E-state index in [4.69, 9.17) is 0 Å². The van der Waals surface area contributed by atoms with Crippen LogP contribution in [0.3, 0.4) is 0 Å². The molecule has 19 heavy (non-hydrogen) atoms. The maximum Gasteiger partial charge on any atom is 0.0250 e. The second-order valence-corrected chi connectivity index (χ2v) is 14.3. The standard InChI is InChI=1S/C16H37NP2/c1-11(2)18(12(3)4)15(9)17-16(10)19(13(5)6)14(7)8/h11-17H,1-10H3. The zero-order chi connectivity index (χ0) is 15.3. The summed E-state index contributed by atoms with van der Waals surface area (Å²) in [6.45, 7) is 24.0. The van der Waals surface area contributed by atoms with E-state index in [0.29, 0.717) is 11.6 Å². The smallest absolute Gasteiger partial charge is 0.0250 e. The summed E-state index contributed by atoms with van der Waals surface area (Å²) in [4.78, 5) is 0. The third-order valence-corrected chi connectivity index (χ3v) is 10.6. The Morgan fingerprint density at radius 3 is 0.842 bits per heavy atom. The maximum atomic E-state index is 3.96. The van der Waals surface area contributed by atoms with Crippen LogP contribution in [0.25, 0.3) is 0 Å². The van der Waals surface area contributed by atoms with Crippen LogP contribution in [0.4, 0.5) is 0 Å². The molecular formula is C16H37NP2. The van der Waals surface area contributed by atoms with Crippen LogP contribution >= 0.6 is 15.8 Å². The maximum absolute atomic E-state index is 3.96. The van der Waals surface area contributed by atoms with Crippen molar-refractivity contribution in [3.05, 3.63) is 0 Å². The molecule has 116 valence electrons. The van der Waals surface area contributed by atoms with E-state index >= 15 is 0 Å². The first kappa shape index (κ1) is 19.8. The van der Waals surface area contributed by atoms with Gasteiger partial charge in [0.15, 0.2) is 0 Å². The number of nitrogens with one attached hydrogen (secondary N) is 1. The molecule has 0 saturated carbocycles. The fraction of sp³-hybridized carbons (Fsp3) is 1.00. The largest absolute Gasteiger partial charge is 0.304 e. The molecule has 1 N–H and O–H groups in total. The van der Waals surface area contributed by atoms with Crippen LogP contribution in [-0.4, -0.2) is 34.2 Å². The molecule has 0 aromatic heterocycles. The molecule has 0 radical (unpaired) electrons. The summed E-state index contributed by atoms with van der Waals surface area (Å²) in [6, 6.07) is 0. The van der Waals surface area contributed by atoms with E-state index in [1.165, 1.54) is 0 Å². The lowest BCUT2D eigenvalue weighted by molar-refractivity contribution is 0.649. The molecule has 0 aromatic carbocycles.